The lowest BCUT2D eigenvalue weighted by atomic mass is 10.0. The molecule has 0 radical (unpaired) electrons. The zero-order valence-electron chi connectivity index (χ0n) is 11.4. The third kappa shape index (κ3) is 2.89. The van der Waals surface area contributed by atoms with E-state index in [1.165, 1.54) is 23.3 Å². The van der Waals surface area contributed by atoms with E-state index in [9.17, 15) is 4.39 Å². The average molecular weight is 270 g/mol. The summed E-state index contributed by atoms with van der Waals surface area (Å²) < 4.78 is 13.2. The maximum Gasteiger partial charge on any atom is 0.123 e. The van der Waals surface area contributed by atoms with Gasteiger partial charge in [-0.25, -0.2) is 4.39 Å². The molecule has 0 spiro atoms. The molecule has 0 amide bonds. The lowest BCUT2D eigenvalue weighted by molar-refractivity contribution is 0.272. The monoisotopic (exact) mass is 270 g/mol. The van der Waals surface area contributed by atoms with Gasteiger partial charge in [-0.05, 0) is 35.2 Å². The minimum atomic E-state index is -0.216. The van der Waals surface area contributed by atoms with Crippen molar-refractivity contribution in [3.05, 3.63) is 71.0 Å². The second-order valence-corrected chi connectivity index (χ2v) is 5.43. The van der Waals surface area contributed by atoms with E-state index in [1.54, 1.807) is 6.07 Å². The standard InChI is InChI=1S/C17H19FN2/c18-16-7-3-6-13(10-16)17(19)8-9-20-11-14-4-1-2-5-15(14)12-20/h1-7,10,17H,8-9,11-12,19H2. The first kappa shape index (κ1) is 13.3. The van der Waals surface area contributed by atoms with E-state index in [4.69, 9.17) is 5.73 Å². The van der Waals surface area contributed by atoms with Crippen LogP contribution >= 0.6 is 0 Å². The van der Waals surface area contributed by atoms with Crippen molar-refractivity contribution in [3.8, 4) is 0 Å². The normalized spacial score (nSPS) is 16.1. The second kappa shape index (κ2) is 5.73. The summed E-state index contributed by atoms with van der Waals surface area (Å²) in [6, 6.07) is 15.0. The number of nitrogens with two attached hydrogens (primary N) is 1. The fraction of sp³-hybridized carbons (Fsp3) is 0.294. The van der Waals surface area contributed by atoms with E-state index in [1.807, 2.05) is 6.07 Å². The van der Waals surface area contributed by atoms with E-state index < -0.39 is 0 Å². The van der Waals surface area contributed by atoms with Crippen LogP contribution in [0, 0.1) is 5.82 Å². The van der Waals surface area contributed by atoms with Crippen LogP contribution in [0.15, 0.2) is 48.5 Å². The Morgan fingerprint density at radius 2 is 1.75 bits per heavy atom. The first-order valence-corrected chi connectivity index (χ1v) is 7.02. The lowest BCUT2D eigenvalue weighted by Gasteiger charge is -2.18. The van der Waals surface area contributed by atoms with Gasteiger partial charge in [-0.2, -0.15) is 0 Å². The van der Waals surface area contributed by atoms with Gasteiger partial charge in [-0.1, -0.05) is 36.4 Å². The Balaban J connectivity index is 1.56. The summed E-state index contributed by atoms with van der Waals surface area (Å²) in [5, 5.41) is 0. The number of hydrogen-bond acceptors (Lipinski definition) is 2. The van der Waals surface area contributed by atoms with Crippen molar-refractivity contribution in [2.45, 2.75) is 25.6 Å². The molecule has 0 saturated carbocycles. The minimum absolute atomic E-state index is 0.102. The molecular weight excluding hydrogens is 251 g/mol. The molecule has 3 heteroatoms. The van der Waals surface area contributed by atoms with Crippen LogP contribution in [-0.2, 0) is 13.1 Å². The van der Waals surface area contributed by atoms with E-state index >= 15 is 0 Å². The number of fused-ring (bicyclic) bond motifs is 1. The molecule has 0 aromatic heterocycles. The summed E-state index contributed by atoms with van der Waals surface area (Å²) in [4.78, 5) is 2.39. The third-order valence-corrected chi connectivity index (χ3v) is 3.94. The Bertz CT molecular complexity index is 572. The molecular formula is C17H19FN2. The molecule has 3 rings (SSSR count). The molecule has 2 aromatic rings. The van der Waals surface area contributed by atoms with Gasteiger partial charge in [0.1, 0.15) is 5.82 Å². The SMILES string of the molecule is NC(CCN1Cc2ccccc2C1)c1cccc(F)c1. The van der Waals surface area contributed by atoms with E-state index in [-0.39, 0.29) is 11.9 Å². The number of nitrogens with zero attached hydrogens (tertiary/aromatic N) is 1. The third-order valence-electron chi connectivity index (χ3n) is 3.94. The molecule has 0 saturated heterocycles. The summed E-state index contributed by atoms with van der Waals surface area (Å²) in [6.07, 6.45) is 0.845. The number of benzene rings is 2. The molecule has 1 heterocycles. The van der Waals surface area contributed by atoms with Crippen molar-refractivity contribution in [2.24, 2.45) is 5.73 Å². The molecule has 2 nitrogen and oxygen atoms in total. The summed E-state index contributed by atoms with van der Waals surface area (Å²) in [5.74, 6) is -0.216. The van der Waals surface area contributed by atoms with Gasteiger partial charge in [0.2, 0.25) is 0 Å². The van der Waals surface area contributed by atoms with Gasteiger partial charge in [-0.3, -0.25) is 4.90 Å². The van der Waals surface area contributed by atoms with Gasteiger partial charge >= 0.3 is 0 Å². The lowest BCUT2D eigenvalue weighted by Crippen LogP contribution is -2.22. The van der Waals surface area contributed by atoms with Crippen LogP contribution in [0.25, 0.3) is 0 Å². The predicted molar refractivity (Wildman–Crippen MR) is 78.5 cm³/mol. The van der Waals surface area contributed by atoms with Crippen LogP contribution in [0.2, 0.25) is 0 Å². The first-order chi connectivity index (χ1) is 9.72. The Hall–Kier alpha value is -1.71. The highest BCUT2D eigenvalue weighted by Gasteiger charge is 2.18. The topological polar surface area (TPSA) is 29.3 Å². The summed E-state index contributed by atoms with van der Waals surface area (Å²) in [7, 11) is 0. The van der Waals surface area contributed by atoms with E-state index in [2.05, 4.69) is 29.2 Å². The number of rotatable bonds is 4. The average Bonchev–Trinajstić information content (AvgIpc) is 2.87. The quantitative estimate of drug-likeness (QED) is 0.924. The maximum atomic E-state index is 13.2. The molecule has 0 aliphatic carbocycles. The molecule has 1 aliphatic heterocycles. The van der Waals surface area contributed by atoms with Crippen molar-refractivity contribution in [1.29, 1.82) is 0 Å². The van der Waals surface area contributed by atoms with Gasteiger partial charge in [-0.15, -0.1) is 0 Å². The Kier molecular flexibility index (Phi) is 3.81. The van der Waals surface area contributed by atoms with Crippen molar-refractivity contribution in [1.82, 2.24) is 4.90 Å². The molecule has 2 aromatic carbocycles. The van der Waals surface area contributed by atoms with Gasteiger partial charge in [0.05, 0.1) is 0 Å². The molecule has 2 N–H and O–H groups in total. The molecule has 20 heavy (non-hydrogen) atoms. The van der Waals surface area contributed by atoms with Crippen molar-refractivity contribution >= 4 is 0 Å². The molecule has 1 aliphatic rings. The van der Waals surface area contributed by atoms with Crippen LogP contribution in [0.1, 0.15) is 29.2 Å². The van der Waals surface area contributed by atoms with Crippen molar-refractivity contribution in [2.75, 3.05) is 6.54 Å². The summed E-state index contributed by atoms with van der Waals surface area (Å²) in [5.41, 5.74) is 9.85. The van der Waals surface area contributed by atoms with Crippen LogP contribution < -0.4 is 5.73 Å². The highest BCUT2D eigenvalue weighted by molar-refractivity contribution is 5.30. The van der Waals surface area contributed by atoms with Gasteiger partial charge < -0.3 is 5.73 Å². The molecule has 0 fully saturated rings. The van der Waals surface area contributed by atoms with Crippen molar-refractivity contribution < 1.29 is 4.39 Å². The van der Waals surface area contributed by atoms with Crippen molar-refractivity contribution in [3.63, 3.8) is 0 Å². The van der Waals surface area contributed by atoms with Gasteiger partial charge in [0.15, 0.2) is 0 Å². The smallest absolute Gasteiger partial charge is 0.123 e. The Morgan fingerprint density at radius 3 is 2.40 bits per heavy atom. The molecule has 104 valence electrons. The fourth-order valence-electron chi connectivity index (χ4n) is 2.79. The largest absolute Gasteiger partial charge is 0.324 e. The van der Waals surface area contributed by atoms with Crippen LogP contribution in [0.3, 0.4) is 0 Å². The van der Waals surface area contributed by atoms with Crippen LogP contribution in [-0.4, -0.2) is 11.4 Å². The first-order valence-electron chi connectivity index (χ1n) is 7.02. The highest BCUT2D eigenvalue weighted by Crippen LogP contribution is 2.23. The number of hydrogen-bond donors (Lipinski definition) is 1. The van der Waals surface area contributed by atoms with Crippen LogP contribution in [0.4, 0.5) is 4.39 Å². The summed E-state index contributed by atoms with van der Waals surface area (Å²) in [6.45, 7) is 2.92. The zero-order chi connectivity index (χ0) is 13.9. The second-order valence-electron chi connectivity index (χ2n) is 5.43. The Morgan fingerprint density at radius 1 is 1.05 bits per heavy atom. The predicted octanol–water partition coefficient (Wildman–Crippen LogP) is 3.23. The fourth-order valence-corrected chi connectivity index (χ4v) is 2.79. The summed E-state index contributed by atoms with van der Waals surface area (Å²) >= 11 is 0. The van der Waals surface area contributed by atoms with Crippen LogP contribution in [0.5, 0.6) is 0 Å². The number of halogens is 1. The van der Waals surface area contributed by atoms with E-state index in [0.29, 0.717) is 0 Å². The molecule has 0 bridgehead atoms. The maximum absolute atomic E-state index is 13.2. The van der Waals surface area contributed by atoms with Gasteiger partial charge in [0, 0.05) is 25.7 Å². The van der Waals surface area contributed by atoms with Gasteiger partial charge in [0.25, 0.3) is 0 Å². The molecule has 1 unspecified atom stereocenters. The Labute approximate surface area is 119 Å². The highest BCUT2D eigenvalue weighted by atomic mass is 19.1. The zero-order valence-corrected chi connectivity index (χ0v) is 11.4. The van der Waals surface area contributed by atoms with E-state index in [0.717, 1.165) is 31.6 Å². The minimum Gasteiger partial charge on any atom is -0.324 e. The molecule has 1 atom stereocenters.